The Morgan fingerprint density at radius 1 is 1.24 bits per heavy atom. The van der Waals surface area contributed by atoms with Crippen molar-refractivity contribution in [3.05, 3.63) is 51.2 Å². The number of hydrogen-bond acceptors (Lipinski definition) is 4. The molecule has 1 aromatic heterocycles. The summed E-state index contributed by atoms with van der Waals surface area (Å²) in [6.07, 6.45) is 5.36. The van der Waals surface area contributed by atoms with Crippen molar-refractivity contribution < 1.29 is 13.6 Å². The van der Waals surface area contributed by atoms with Crippen LogP contribution in [0.5, 0.6) is 0 Å². The van der Waals surface area contributed by atoms with Crippen LogP contribution in [0.4, 0.5) is 14.5 Å². The lowest BCUT2D eigenvalue weighted by Gasteiger charge is -2.60. The summed E-state index contributed by atoms with van der Waals surface area (Å²) in [4.78, 5) is 15.8. The van der Waals surface area contributed by atoms with Gasteiger partial charge in [0, 0.05) is 28.3 Å². The van der Waals surface area contributed by atoms with E-state index in [-0.39, 0.29) is 23.6 Å². The van der Waals surface area contributed by atoms with E-state index in [0.29, 0.717) is 29.5 Å². The van der Waals surface area contributed by atoms with Crippen LogP contribution in [0.2, 0.25) is 0 Å². The number of fused-ring (bicyclic) bond motifs is 5. The molecular weight excluding hydrogens is 452 g/mol. The molecule has 2 bridgehead atoms. The quantitative estimate of drug-likeness (QED) is 0.579. The number of rotatable bonds is 4. The predicted octanol–water partition coefficient (Wildman–Crippen LogP) is 6.00. The van der Waals surface area contributed by atoms with Crippen LogP contribution in [-0.4, -0.2) is 18.2 Å². The maximum Gasteiger partial charge on any atom is 0.267 e. The van der Waals surface area contributed by atoms with Crippen molar-refractivity contribution in [2.45, 2.75) is 58.9 Å². The van der Waals surface area contributed by atoms with E-state index in [0.717, 1.165) is 29.7 Å². The number of carbonyl (C=O) groups is 1. The highest BCUT2D eigenvalue weighted by molar-refractivity contribution is 7.12. The van der Waals surface area contributed by atoms with Crippen LogP contribution in [0.25, 0.3) is 0 Å². The fourth-order valence-electron chi connectivity index (χ4n) is 7.11. The highest BCUT2D eigenvalue weighted by Gasteiger charge is 2.54. The molecular formula is C27H31F2N3OS. The molecule has 3 fully saturated rings. The molecule has 0 spiro atoms. The van der Waals surface area contributed by atoms with Crippen LogP contribution in [0.1, 0.15) is 60.9 Å². The monoisotopic (exact) mass is 483 g/mol. The Balaban J connectivity index is 1.28. The van der Waals surface area contributed by atoms with E-state index in [1.165, 1.54) is 41.8 Å². The minimum absolute atomic E-state index is 0.106. The molecule has 1 aliphatic heterocycles. The summed E-state index contributed by atoms with van der Waals surface area (Å²) < 4.78 is 28.5. The third kappa shape index (κ3) is 3.34. The second kappa shape index (κ2) is 7.87. The van der Waals surface area contributed by atoms with E-state index in [2.05, 4.69) is 32.2 Å². The average Bonchev–Trinajstić information content (AvgIpc) is 3.37. The molecule has 34 heavy (non-hydrogen) atoms. The second-order valence-corrected chi connectivity index (χ2v) is 12.5. The first-order chi connectivity index (χ1) is 16.2. The minimum Gasteiger partial charge on any atom is -0.351 e. The van der Waals surface area contributed by atoms with Gasteiger partial charge in [0.2, 0.25) is 0 Å². The van der Waals surface area contributed by atoms with Crippen LogP contribution in [0.15, 0.2) is 29.4 Å². The number of aryl methyl sites for hydroxylation is 2. The number of anilines is 1. The number of hydrazone groups is 1. The van der Waals surface area contributed by atoms with Crippen LogP contribution in [0, 0.1) is 47.6 Å². The van der Waals surface area contributed by atoms with Gasteiger partial charge < -0.3 is 5.32 Å². The van der Waals surface area contributed by atoms with E-state index < -0.39 is 11.6 Å². The van der Waals surface area contributed by atoms with Crippen molar-refractivity contribution >= 4 is 28.6 Å². The van der Waals surface area contributed by atoms with Crippen LogP contribution in [-0.2, 0) is 11.2 Å². The molecule has 5 unspecified atom stereocenters. The summed E-state index contributed by atoms with van der Waals surface area (Å²) in [5.74, 6) is 0.472. The maximum atomic E-state index is 14.8. The van der Waals surface area contributed by atoms with Crippen molar-refractivity contribution in [2.75, 3.05) is 11.6 Å². The number of nitrogens with zero attached hydrogens (tertiary/aromatic N) is 2. The Labute approximate surface area is 203 Å². The molecule has 1 N–H and O–H groups in total. The largest absolute Gasteiger partial charge is 0.351 e. The molecule has 5 aliphatic rings. The summed E-state index contributed by atoms with van der Waals surface area (Å²) in [5.41, 5.74) is 2.31. The zero-order valence-corrected chi connectivity index (χ0v) is 20.7. The van der Waals surface area contributed by atoms with Crippen LogP contribution >= 0.6 is 11.3 Å². The standard InChI is InChI=1S/C27H31F2N3OS/c1-14-10-15-5-8-19-23(26(33)30-13-16-4-6-17-11-20(16)27(17,2)3)31-32(24(19)25(15)34-14)22-9-7-18(28)12-21(22)29/h7,9-10,12,16-17,19-20,24H,4-6,8,11,13H2,1-3H3,(H,30,33). The SMILES string of the molecule is Cc1cc2c(s1)C1C(CC2)C(C(=O)NCC2CCC3CC2C3(C)C)=NN1c1ccc(F)cc1F. The second-order valence-electron chi connectivity index (χ2n) is 11.2. The third-order valence-electron chi connectivity index (χ3n) is 9.08. The fraction of sp³-hybridized carbons (Fsp3) is 0.556. The number of hydrogen-bond donors (Lipinski definition) is 1. The smallest absolute Gasteiger partial charge is 0.267 e. The van der Waals surface area contributed by atoms with Crippen molar-refractivity contribution in [1.29, 1.82) is 0 Å². The van der Waals surface area contributed by atoms with Gasteiger partial charge in [-0.1, -0.05) is 13.8 Å². The number of benzene rings is 1. The summed E-state index contributed by atoms with van der Waals surface area (Å²) in [7, 11) is 0. The highest BCUT2D eigenvalue weighted by Crippen LogP contribution is 2.61. The Morgan fingerprint density at radius 2 is 2.06 bits per heavy atom. The number of thiophene rings is 1. The van der Waals surface area contributed by atoms with Gasteiger partial charge in [0.1, 0.15) is 11.5 Å². The predicted molar refractivity (Wildman–Crippen MR) is 131 cm³/mol. The fourth-order valence-corrected chi connectivity index (χ4v) is 8.33. The molecule has 5 atom stereocenters. The van der Waals surface area contributed by atoms with Gasteiger partial charge in [-0.3, -0.25) is 9.80 Å². The van der Waals surface area contributed by atoms with E-state index in [4.69, 9.17) is 5.10 Å². The van der Waals surface area contributed by atoms with Gasteiger partial charge >= 0.3 is 0 Å². The molecule has 1 aromatic carbocycles. The molecule has 180 valence electrons. The Bertz CT molecular complexity index is 1190. The van der Waals surface area contributed by atoms with Gasteiger partial charge in [-0.15, -0.1) is 11.3 Å². The first-order valence-electron chi connectivity index (χ1n) is 12.4. The zero-order valence-electron chi connectivity index (χ0n) is 19.9. The average molecular weight is 484 g/mol. The molecule has 3 saturated carbocycles. The molecule has 1 amide bonds. The Morgan fingerprint density at radius 3 is 2.79 bits per heavy atom. The lowest BCUT2D eigenvalue weighted by atomic mass is 9.45. The Kier molecular flexibility index (Phi) is 5.14. The summed E-state index contributed by atoms with van der Waals surface area (Å²) >= 11 is 1.69. The number of carbonyl (C=O) groups excluding carboxylic acids is 1. The topological polar surface area (TPSA) is 44.7 Å². The highest BCUT2D eigenvalue weighted by atomic mass is 32.1. The van der Waals surface area contributed by atoms with Gasteiger partial charge in [0.25, 0.3) is 5.91 Å². The molecule has 4 nitrogen and oxygen atoms in total. The first kappa shape index (κ1) is 22.2. The van der Waals surface area contributed by atoms with Crippen LogP contribution in [0.3, 0.4) is 0 Å². The molecule has 0 radical (unpaired) electrons. The van der Waals surface area contributed by atoms with Gasteiger partial charge in [0.15, 0.2) is 5.82 Å². The summed E-state index contributed by atoms with van der Waals surface area (Å²) in [6, 6.07) is 5.52. The molecule has 4 aliphatic carbocycles. The third-order valence-corrected chi connectivity index (χ3v) is 10.2. The molecule has 7 rings (SSSR count). The van der Waals surface area contributed by atoms with E-state index in [1.54, 1.807) is 16.3 Å². The Hall–Kier alpha value is -2.28. The number of amides is 1. The molecule has 2 aromatic rings. The normalized spacial score (nSPS) is 30.8. The minimum atomic E-state index is -0.659. The van der Waals surface area contributed by atoms with Gasteiger partial charge in [-0.2, -0.15) is 5.10 Å². The van der Waals surface area contributed by atoms with Gasteiger partial charge in [-0.05, 0) is 86.0 Å². The van der Waals surface area contributed by atoms with E-state index >= 15 is 0 Å². The van der Waals surface area contributed by atoms with Crippen molar-refractivity contribution in [3.63, 3.8) is 0 Å². The number of halogens is 2. The van der Waals surface area contributed by atoms with Crippen LogP contribution < -0.4 is 10.3 Å². The lowest BCUT2D eigenvalue weighted by Crippen LogP contribution is -2.55. The van der Waals surface area contributed by atoms with Gasteiger partial charge in [0.05, 0.1) is 11.7 Å². The maximum absolute atomic E-state index is 14.8. The lowest BCUT2D eigenvalue weighted by molar-refractivity contribution is -0.119. The number of nitrogens with one attached hydrogen (secondary N) is 1. The molecule has 0 saturated heterocycles. The first-order valence-corrected chi connectivity index (χ1v) is 13.3. The van der Waals surface area contributed by atoms with Crippen molar-refractivity contribution in [1.82, 2.24) is 5.32 Å². The van der Waals surface area contributed by atoms with Gasteiger partial charge in [-0.25, -0.2) is 8.78 Å². The summed E-state index contributed by atoms with van der Waals surface area (Å²) in [5, 5.41) is 9.53. The molecule has 2 heterocycles. The van der Waals surface area contributed by atoms with Crippen molar-refractivity contribution in [2.24, 2.45) is 34.2 Å². The van der Waals surface area contributed by atoms with Crippen molar-refractivity contribution in [3.8, 4) is 0 Å². The van der Waals surface area contributed by atoms with E-state index in [9.17, 15) is 13.6 Å². The van der Waals surface area contributed by atoms with E-state index in [1.807, 2.05) is 0 Å². The zero-order chi connectivity index (χ0) is 23.8. The molecule has 7 heteroatoms. The summed E-state index contributed by atoms with van der Waals surface area (Å²) in [6.45, 7) is 7.47.